The predicted molar refractivity (Wildman–Crippen MR) is 81.8 cm³/mol. The molecule has 5 heteroatoms. The Balaban J connectivity index is 2.36. The Labute approximate surface area is 122 Å². The summed E-state index contributed by atoms with van der Waals surface area (Å²) >= 11 is 1.34. The fourth-order valence-corrected chi connectivity index (χ4v) is 2.97. The number of carbonyl (C=O) groups is 1. The lowest BCUT2D eigenvalue weighted by Crippen LogP contribution is -2.12. The van der Waals surface area contributed by atoms with E-state index < -0.39 is 5.97 Å². The van der Waals surface area contributed by atoms with Crippen molar-refractivity contribution in [2.45, 2.75) is 20.8 Å². The van der Waals surface area contributed by atoms with Crippen LogP contribution in [-0.2, 0) is 9.53 Å². The Morgan fingerprint density at radius 2 is 2.00 bits per heavy atom. The zero-order valence-electron chi connectivity index (χ0n) is 11.8. The lowest BCUT2D eigenvalue weighted by molar-refractivity contribution is -0.138. The van der Waals surface area contributed by atoms with Crippen LogP contribution in [0, 0.1) is 13.8 Å². The molecule has 0 spiro atoms. The first kappa shape index (κ1) is 14.7. The van der Waals surface area contributed by atoms with Crippen LogP contribution in [0.2, 0.25) is 0 Å². The molecule has 0 aromatic heterocycles. The summed E-state index contributed by atoms with van der Waals surface area (Å²) in [6, 6.07) is 5.95. The summed E-state index contributed by atoms with van der Waals surface area (Å²) in [6.45, 7) is 6.01. The molecule has 0 bridgehead atoms. The number of aliphatic hydroxyl groups excluding tert-OH is 1. The Morgan fingerprint density at radius 1 is 1.35 bits per heavy atom. The van der Waals surface area contributed by atoms with Crippen LogP contribution in [0.25, 0.3) is 0 Å². The van der Waals surface area contributed by atoms with E-state index in [4.69, 9.17) is 4.74 Å². The molecular weight excluding hydrogens is 274 g/mol. The van der Waals surface area contributed by atoms with Gasteiger partial charge in [-0.2, -0.15) is 0 Å². The number of benzene rings is 1. The number of nitrogens with zero attached hydrogens (tertiary/aromatic N) is 1. The molecule has 0 amide bonds. The zero-order chi connectivity index (χ0) is 14.7. The van der Waals surface area contributed by atoms with E-state index >= 15 is 0 Å². The van der Waals surface area contributed by atoms with Gasteiger partial charge in [0.1, 0.15) is 16.4 Å². The minimum atomic E-state index is -0.516. The van der Waals surface area contributed by atoms with E-state index in [9.17, 15) is 9.90 Å². The summed E-state index contributed by atoms with van der Waals surface area (Å²) in [6.07, 6.45) is 0. The highest BCUT2D eigenvalue weighted by atomic mass is 32.2. The van der Waals surface area contributed by atoms with E-state index in [-0.39, 0.29) is 17.9 Å². The topological polar surface area (TPSA) is 58.9 Å². The lowest BCUT2D eigenvalue weighted by Gasteiger charge is -2.05. The van der Waals surface area contributed by atoms with Crippen molar-refractivity contribution in [2.75, 3.05) is 12.4 Å². The second kappa shape index (κ2) is 6.13. The molecule has 0 saturated carbocycles. The Morgan fingerprint density at radius 3 is 2.60 bits per heavy atom. The molecule has 106 valence electrons. The van der Waals surface area contributed by atoms with Crippen LogP contribution in [0.5, 0.6) is 0 Å². The van der Waals surface area contributed by atoms with E-state index in [0.717, 1.165) is 16.8 Å². The number of aryl methyl sites for hydroxylation is 2. The fourth-order valence-electron chi connectivity index (χ4n) is 2.03. The molecule has 1 aromatic carbocycles. The first-order chi connectivity index (χ1) is 9.51. The van der Waals surface area contributed by atoms with Gasteiger partial charge in [-0.3, -0.25) is 0 Å². The average molecular weight is 291 g/mol. The van der Waals surface area contributed by atoms with E-state index in [1.807, 2.05) is 26.0 Å². The van der Waals surface area contributed by atoms with Crippen LogP contribution >= 0.6 is 11.8 Å². The van der Waals surface area contributed by atoms with Crippen molar-refractivity contribution in [2.24, 2.45) is 4.99 Å². The number of rotatable bonds is 3. The molecule has 0 saturated heterocycles. The van der Waals surface area contributed by atoms with Crippen molar-refractivity contribution in [3.63, 3.8) is 0 Å². The van der Waals surface area contributed by atoms with Gasteiger partial charge in [0.15, 0.2) is 0 Å². The maximum atomic E-state index is 11.9. The second-order valence-electron chi connectivity index (χ2n) is 4.59. The van der Waals surface area contributed by atoms with Gasteiger partial charge in [0.25, 0.3) is 0 Å². The maximum absolute atomic E-state index is 11.9. The third-order valence-electron chi connectivity index (χ3n) is 2.76. The van der Waals surface area contributed by atoms with Crippen LogP contribution in [0.15, 0.2) is 34.5 Å². The van der Waals surface area contributed by atoms with Crippen molar-refractivity contribution in [1.29, 1.82) is 0 Å². The summed E-state index contributed by atoms with van der Waals surface area (Å²) in [7, 11) is 0. The molecule has 0 unspecified atom stereocenters. The van der Waals surface area contributed by atoms with Gasteiger partial charge in [-0.05, 0) is 44.0 Å². The van der Waals surface area contributed by atoms with Crippen LogP contribution in [0.4, 0.5) is 5.69 Å². The number of thioether (sulfide) groups is 1. The lowest BCUT2D eigenvalue weighted by atomic mass is 10.1. The van der Waals surface area contributed by atoms with Gasteiger partial charge in [-0.25, -0.2) is 9.79 Å². The van der Waals surface area contributed by atoms with Gasteiger partial charge >= 0.3 is 5.97 Å². The summed E-state index contributed by atoms with van der Waals surface area (Å²) in [5.41, 5.74) is 3.19. The number of aliphatic hydroxyl groups is 1. The first-order valence-corrected chi connectivity index (χ1v) is 7.39. The average Bonchev–Trinajstić information content (AvgIpc) is 2.69. The minimum Gasteiger partial charge on any atom is -0.510 e. The number of esters is 1. The number of hydrogen-bond donors (Lipinski definition) is 1. The third-order valence-corrected chi connectivity index (χ3v) is 3.75. The number of aliphatic imine (C=N–C) groups is 1. The van der Waals surface area contributed by atoms with E-state index in [1.165, 1.54) is 11.8 Å². The minimum absolute atomic E-state index is 0.0385. The Bertz CT molecular complexity index is 585. The number of ether oxygens (including phenoxy) is 1. The molecule has 0 fully saturated rings. The summed E-state index contributed by atoms with van der Waals surface area (Å²) in [5, 5.41) is 10.3. The summed E-state index contributed by atoms with van der Waals surface area (Å²) in [5.74, 6) is -0.118. The molecule has 1 aliphatic rings. The maximum Gasteiger partial charge on any atom is 0.344 e. The van der Waals surface area contributed by atoms with Crippen molar-refractivity contribution < 1.29 is 14.6 Å². The largest absolute Gasteiger partial charge is 0.510 e. The van der Waals surface area contributed by atoms with Gasteiger partial charge in [-0.15, -0.1) is 0 Å². The third kappa shape index (κ3) is 3.22. The van der Waals surface area contributed by atoms with Crippen molar-refractivity contribution in [3.8, 4) is 0 Å². The quantitative estimate of drug-likeness (QED) is 0.866. The molecular formula is C15H17NO3S. The summed E-state index contributed by atoms with van der Waals surface area (Å²) in [4.78, 5) is 16.3. The van der Waals surface area contributed by atoms with E-state index in [1.54, 1.807) is 6.92 Å². The second-order valence-corrected chi connectivity index (χ2v) is 5.56. The van der Waals surface area contributed by atoms with Gasteiger partial charge in [0.05, 0.1) is 18.0 Å². The number of hydrogen-bond acceptors (Lipinski definition) is 5. The highest BCUT2D eigenvalue weighted by molar-refractivity contribution is 8.15. The van der Waals surface area contributed by atoms with Crippen molar-refractivity contribution in [1.82, 2.24) is 0 Å². The van der Waals surface area contributed by atoms with Crippen LogP contribution in [0.1, 0.15) is 18.1 Å². The molecule has 1 N–H and O–H groups in total. The van der Waals surface area contributed by atoms with Crippen LogP contribution in [-0.4, -0.2) is 28.5 Å². The molecule has 4 nitrogen and oxygen atoms in total. The van der Waals surface area contributed by atoms with E-state index in [0.29, 0.717) is 10.8 Å². The highest BCUT2D eigenvalue weighted by Crippen LogP contribution is 2.30. The Kier molecular flexibility index (Phi) is 4.49. The molecule has 20 heavy (non-hydrogen) atoms. The molecule has 2 rings (SSSR count). The SMILES string of the molecule is CCOC(=O)C1=C(O)CSC1=Nc1cc(C)cc(C)c1. The molecule has 1 aromatic rings. The Hall–Kier alpha value is -1.75. The first-order valence-electron chi connectivity index (χ1n) is 6.40. The van der Waals surface area contributed by atoms with Gasteiger partial charge in [-0.1, -0.05) is 17.8 Å². The standard InChI is InChI=1S/C15H17NO3S/c1-4-19-15(18)13-12(17)8-20-14(13)16-11-6-9(2)5-10(3)7-11/h5-7,17H,4,8H2,1-3H3. The normalized spacial score (nSPS) is 16.9. The van der Waals surface area contributed by atoms with Crippen LogP contribution < -0.4 is 0 Å². The molecule has 0 atom stereocenters. The fraction of sp³-hybridized carbons (Fsp3) is 0.333. The molecule has 1 heterocycles. The van der Waals surface area contributed by atoms with Gasteiger partial charge in [0, 0.05) is 0 Å². The van der Waals surface area contributed by atoms with Gasteiger partial charge < -0.3 is 9.84 Å². The monoisotopic (exact) mass is 291 g/mol. The van der Waals surface area contributed by atoms with Gasteiger partial charge in [0.2, 0.25) is 0 Å². The molecule has 1 aliphatic heterocycles. The van der Waals surface area contributed by atoms with Crippen molar-refractivity contribution >= 4 is 28.5 Å². The molecule has 0 radical (unpaired) electrons. The zero-order valence-corrected chi connectivity index (χ0v) is 12.6. The highest BCUT2D eigenvalue weighted by Gasteiger charge is 2.29. The predicted octanol–water partition coefficient (Wildman–Crippen LogP) is 3.46. The summed E-state index contributed by atoms with van der Waals surface area (Å²) < 4.78 is 4.96. The van der Waals surface area contributed by atoms with Crippen molar-refractivity contribution in [3.05, 3.63) is 40.7 Å². The van der Waals surface area contributed by atoms with E-state index in [2.05, 4.69) is 11.1 Å². The van der Waals surface area contributed by atoms with Crippen LogP contribution in [0.3, 0.4) is 0 Å². The smallest absolute Gasteiger partial charge is 0.344 e. The molecule has 0 aliphatic carbocycles. The number of carbonyl (C=O) groups excluding carboxylic acids is 1.